The fraction of sp³-hybridized carbons (Fsp3) is 0.0909. The van der Waals surface area contributed by atoms with Gasteiger partial charge in [-0.05, 0) is 42.5 Å². The minimum Gasteiger partial charge on any atom is -0.493 e. The van der Waals surface area contributed by atoms with Crippen LogP contribution in [0.1, 0.15) is 0 Å². The maximum absolute atomic E-state index is 11.0. The highest BCUT2D eigenvalue weighted by atomic mass is 31.2. The molecule has 0 saturated carbocycles. The maximum atomic E-state index is 11.0. The van der Waals surface area contributed by atoms with E-state index in [1.165, 1.54) is 0 Å². The number of pyridine rings is 2. The van der Waals surface area contributed by atoms with Gasteiger partial charge in [0.25, 0.3) is 0 Å². The van der Waals surface area contributed by atoms with Crippen LogP contribution in [0.25, 0.3) is 34.2 Å². The fourth-order valence-electron chi connectivity index (χ4n) is 2.88. The predicted octanol–water partition coefficient (Wildman–Crippen LogP) is 3.82. The van der Waals surface area contributed by atoms with Crippen LogP contribution in [-0.4, -0.2) is 42.5 Å². The maximum Gasteiger partial charge on any atom is 0.328 e. The molecule has 0 saturated heterocycles. The molecule has 0 aliphatic carbocycles. The molecule has 0 radical (unpaired) electrons. The Morgan fingerprint density at radius 1 is 0.774 bits per heavy atom. The van der Waals surface area contributed by atoms with Gasteiger partial charge >= 0.3 is 7.60 Å². The van der Waals surface area contributed by atoms with Crippen molar-refractivity contribution in [2.45, 2.75) is 0 Å². The lowest BCUT2D eigenvalue weighted by Gasteiger charge is -2.11. The molecule has 3 heterocycles. The van der Waals surface area contributed by atoms with E-state index in [0.29, 0.717) is 34.3 Å². The first kappa shape index (κ1) is 20.8. The summed E-state index contributed by atoms with van der Waals surface area (Å²) in [6.45, 7) is -0.0874. The van der Waals surface area contributed by atoms with Crippen molar-refractivity contribution in [3.63, 3.8) is 0 Å². The highest BCUT2D eigenvalue weighted by Gasteiger charge is 2.14. The van der Waals surface area contributed by atoms with Gasteiger partial charge in [-0.3, -0.25) is 14.5 Å². The number of hydrogen-bond acceptors (Lipinski definition) is 6. The van der Waals surface area contributed by atoms with Crippen LogP contribution in [0, 0.1) is 0 Å². The van der Waals surface area contributed by atoms with E-state index >= 15 is 0 Å². The molecule has 0 atom stereocenters. The molecule has 3 aromatic heterocycles. The van der Waals surface area contributed by atoms with Crippen molar-refractivity contribution in [1.82, 2.24) is 19.9 Å². The molecule has 0 aliphatic rings. The second-order valence-electron chi connectivity index (χ2n) is 6.66. The van der Waals surface area contributed by atoms with E-state index in [-0.39, 0.29) is 12.8 Å². The number of aromatic nitrogens is 4. The second kappa shape index (κ2) is 9.14. The van der Waals surface area contributed by atoms with Crippen molar-refractivity contribution in [2.24, 2.45) is 0 Å². The largest absolute Gasteiger partial charge is 0.493 e. The molecule has 0 unspecified atom stereocenters. The zero-order chi connectivity index (χ0) is 21.7. The lowest BCUT2D eigenvalue weighted by Crippen LogP contribution is -2.03. The van der Waals surface area contributed by atoms with Crippen LogP contribution >= 0.6 is 7.60 Å². The Kier molecular flexibility index (Phi) is 6.13. The highest BCUT2D eigenvalue weighted by molar-refractivity contribution is 7.51. The third-order valence-corrected chi connectivity index (χ3v) is 5.09. The monoisotopic (exact) mass is 434 g/mol. The minimum atomic E-state index is -4.11. The average molecular weight is 434 g/mol. The molecule has 31 heavy (non-hydrogen) atoms. The number of nitrogens with zero attached hydrogens (tertiary/aromatic N) is 4. The molecule has 0 spiro atoms. The first-order valence-corrected chi connectivity index (χ1v) is 11.3. The number of hydrogen-bond donors (Lipinski definition) is 2. The molecule has 4 rings (SSSR count). The third-order valence-electron chi connectivity index (χ3n) is 4.33. The van der Waals surface area contributed by atoms with E-state index in [1.54, 1.807) is 30.6 Å². The summed E-state index contributed by atoms with van der Waals surface area (Å²) < 4.78 is 16.6. The van der Waals surface area contributed by atoms with Gasteiger partial charge in [-0.2, -0.15) is 0 Å². The predicted molar refractivity (Wildman–Crippen MR) is 116 cm³/mol. The first-order valence-electron chi connectivity index (χ1n) is 9.48. The smallest absolute Gasteiger partial charge is 0.328 e. The highest BCUT2D eigenvalue weighted by Crippen LogP contribution is 2.34. The Labute approximate surface area is 178 Å². The summed E-state index contributed by atoms with van der Waals surface area (Å²) in [5, 5.41) is 0. The quantitative estimate of drug-likeness (QED) is 0.422. The molecule has 9 heteroatoms. The molecular formula is C22H19N4O4P. The van der Waals surface area contributed by atoms with E-state index in [1.807, 2.05) is 48.5 Å². The summed E-state index contributed by atoms with van der Waals surface area (Å²) in [4.78, 5) is 36.1. The van der Waals surface area contributed by atoms with E-state index in [0.717, 1.165) is 5.56 Å². The molecule has 0 bridgehead atoms. The van der Waals surface area contributed by atoms with Gasteiger partial charge < -0.3 is 14.5 Å². The van der Waals surface area contributed by atoms with Crippen LogP contribution in [-0.2, 0) is 4.57 Å². The molecule has 156 valence electrons. The van der Waals surface area contributed by atoms with E-state index in [4.69, 9.17) is 14.5 Å². The topological polar surface area (TPSA) is 118 Å². The van der Waals surface area contributed by atoms with Crippen LogP contribution in [0.2, 0.25) is 0 Å². The molecule has 1 aromatic carbocycles. The van der Waals surface area contributed by atoms with E-state index in [2.05, 4.69) is 19.9 Å². The molecule has 2 N–H and O–H groups in total. The summed E-state index contributed by atoms with van der Waals surface area (Å²) in [6, 6.07) is 20.1. The number of rotatable bonds is 7. The molecular weight excluding hydrogens is 415 g/mol. The van der Waals surface area contributed by atoms with Crippen molar-refractivity contribution in [1.29, 1.82) is 0 Å². The van der Waals surface area contributed by atoms with Gasteiger partial charge in [-0.25, -0.2) is 9.97 Å². The fourth-order valence-corrected chi connectivity index (χ4v) is 3.21. The third kappa shape index (κ3) is 5.58. The van der Waals surface area contributed by atoms with E-state index in [9.17, 15) is 4.57 Å². The van der Waals surface area contributed by atoms with Crippen molar-refractivity contribution in [3.05, 3.63) is 79.1 Å². The van der Waals surface area contributed by atoms with Crippen LogP contribution < -0.4 is 4.74 Å². The lowest BCUT2D eigenvalue weighted by molar-refractivity contribution is 0.316. The molecule has 0 amide bonds. The number of ether oxygens (including phenoxy) is 1. The summed E-state index contributed by atoms with van der Waals surface area (Å²) >= 11 is 0. The van der Waals surface area contributed by atoms with Crippen molar-refractivity contribution >= 4 is 7.60 Å². The molecule has 8 nitrogen and oxygen atoms in total. The van der Waals surface area contributed by atoms with Gasteiger partial charge in [-0.15, -0.1) is 0 Å². The Morgan fingerprint density at radius 3 is 2.16 bits per heavy atom. The normalized spacial score (nSPS) is 11.3. The van der Waals surface area contributed by atoms with Gasteiger partial charge in [0, 0.05) is 18.0 Å². The zero-order valence-electron chi connectivity index (χ0n) is 16.4. The van der Waals surface area contributed by atoms with Crippen LogP contribution in [0.3, 0.4) is 0 Å². The van der Waals surface area contributed by atoms with Gasteiger partial charge in [0.05, 0.1) is 29.9 Å². The standard InChI is InChI=1S/C22H19N4O4P/c27-31(28,29)13-12-30-17-7-5-6-16(14-17)20-15-21(18-8-1-3-10-23-18)26-22(25-20)19-9-2-4-11-24-19/h1-11,14-15H,12-13H2,(H2,27,28,29). The molecule has 4 aromatic rings. The molecule has 0 fully saturated rings. The summed E-state index contributed by atoms with van der Waals surface area (Å²) in [7, 11) is -4.11. The van der Waals surface area contributed by atoms with Gasteiger partial charge in [-0.1, -0.05) is 24.3 Å². The SMILES string of the molecule is O=P(O)(O)CCOc1cccc(-c2cc(-c3ccccn3)nc(-c3ccccn3)n2)c1. The number of benzene rings is 1. The lowest BCUT2D eigenvalue weighted by atomic mass is 10.1. The van der Waals surface area contributed by atoms with Crippen molar-refractivity contribution in [3.8, 4) is 39.9 Å². The Balaban J connectivity index is 1.72. The summed E-state index contributed by atoms with van der Waals surface area (Å²) in [5.74, 6) is 0.954. The Morgan fingerprint density at radius 2 is 1.48 bits per heavy atom. The van der Waals surface area contributed by atoms with E-state index < -0.39 is 7.60 Å². The Hall–Kier alpha value is -3.45. The Bertz CT molecular complexity index is 1160. The summed E-state index contributed by atoms with van der Waals surface area (Å²) in [5.41, 5.74) is 3.41. The van der Waals surface area contributed by atoms with Gasteiger partial charge in [0.1, 0.15) is 11.4 Å². The van der Waals surface area contributed by atoms with Crippen LogP contribution in [0.4, 0.5) is 0 Å². The van der Waals surface area contributed by atoms with Gasteiger partial charge in [0.15, 0.2) is 5.82 Å². The van der Waals surface area contributed by atoms with Crippen molar-refractivity contribution in [2.75, 3.05) is 12.8 Å². The second-order valence-corrected chi connectivity index (χ2v) is 8.43. The van der Waals surface area contributed by atoms with Crippen LogP contribution in [0.5, 0.6) is 5.75 Å². The molecule has 0 aliphatic heterocycles. The zero-order valence-corrected chi connectivity index (χ0v) is 17.3. The van der Waals surface area contributed by atoms with Gasteiger partial charge in [0.2, 0.25) is 0 Å². The summed E-state index contributed by atoms with van der Waals surface area (Å²) in [6.07, 6.45) is 3.03. The van der Waals surface area contributed by atoms with Crippen LogP contribution in [0.15, 0.2) is 79.1 Å². The minimum absolute atomic E-state index is 0.0874. The average Bonchev–Trinajstić information content (AvgIpc) is 2.79. The first-order chi connectivity index (χ1) is 15.0. The van der Waals surface area contributed by atoms with Crippen molar-refractivity contribution < 1.29 is 19.1 Å².